The third-order valence-corrected chi connectivity index (χ3v) is 5.63. The van der Waals surface area contributed by atoms with Gasteiger partial charge in [0.2, 0.25) is 0 Å². The maximum Gasteiger partial charge on any atom is 0.161 e. The number of hydrogen-bond acceptors (Lipinski definition) is 4. The van der Waals surface area contributed by atoms with E-state index in [-0.39, 0.29) is 0 Å². The van der Waals surface area contributed by atoms with Gasteiger partial charge in [0, 0.05) is 30.6 Å². The van der Waals surface area contributed by atoms with Crippen LogP contribution in [0.15, 0.2) is 11.6 Å². The Labute approximate surface area is 129 Å². The summed E-state index contributed by atoms with van der Waals surface area (Å²) in [6.45, 7) is 2.26. The highest BCUT2D eigenvalue weighted by Crippen LogP contribution is 2.42. The quantitative estimate of drug-likeness (QED) is 0.925. The Bertz CT molecular complexity index is 577. The summed E-state index contributed by atoms with van der Waals surface area (Å²) in [6.07, 6.45) is 11.1. The van der Waals surface area contributed by atoms with Crippen molar-refractivity contribution in [1.82, 2.24) is 15.2 Å². The van der Waals surface area contributed by atoms with E-state index in [1.165, 1.54) is 56.2 Å². The van der Waals surface area contributed by atoms with Crippen LogP contribution in [0.4, 0.5) is 5.82 Å². The fraction of sp³-hybridized carbons (Fsp3) is 0.625. The molecule has 0 bridgehead atoms. The highest BCUT2D eigenvalue weighted by atomic mass is 32.1. The van der Waals surface area contributed by atoms with E-state index >= 15 is 0 Å². The van der Waals surface area contributed by atoms with Crippen LogP contribution in [0.25, 0.3) is 10.6 Å². The van der Waals surface area contributed by atoms with Crippen LogP contribution in [0, 0.1) is 0 Å². The molecule has 0 aromatic carbocycles. The zero-order valence-electron chi connectivity index (χ0n) is 12.3. The lowest BCUT2D eigenvalue weighted by atomic mass is 9.85. The molecule has 4 rings (SSSR count). The van der Waals surface area contributed by atoms with E-state index in [4.69, 9.17) is 5.10 Å². The minimum absolute atomic E-state index is 0.640. The molecule has 1 N–H and O–H groups in total. The summed E-state index contributed by atoms with van der Waals surface area (Å²) in [4.78, 5) is 7.01. The smallest absolute Gasteiger partial charge is 0.161 e. The molecule has 0 radical (unpaired) electrons. The molecule has 112 valence electrons. The third-order valence-electron chi connectivity index (χ3n) is 4.84. The van der Waals surface area contributed by atoms with Gasteiger partial charge in [0.1, 0.15) is 5.01 Å². The molecule has 0 amide bonds. The Morgan fingerprint density at radius 3 is 2.62 bits per heavy atom. The number of rotatable bonds is 3. The van der Waals surface area contributed by atoms with E-state index in [2.05, 4.69) is 20.4 Å². The van der Waals surface area contributed by atoms with Gasteiger partial charge >= 0.3 is 0 Å². The largest absolute Gasteiger partial charge is 0.355 e. The first-order valence-corrected chi connectivity index (χ1v) is 9.04. The molecule has 1 aliphatic heterocycles. The van der Waals surface area contributed by atoms with Crippen molar-refractivity contribution in [3.8, 4) is 10.6 Å². The van der Waals surface area contributed by atoms with Crippen molar-refractivity contribution in [3.63, 3.8) is 0 Å². The lowest BCUT2D eigenvalue weighted by Crippen LogP contribution is -2.18. The van der Waals surface area contributed by atoms with Gasteiger partial charge in [-0.25, -0.2) is 4.98 Å². The van der Waals surface area contributed by atoms with Gasteiger partial charge in [-0.15, -0.1) is 11.3 Å². The van der Waals surface area contributed by atoms with Crippen molar-refractivity contribution in [1.29, 1.82) is 0 Å². The molecular formula is C16H22N4S. The predicted octanol–water partition coefficient (Wildman–Crippen LogP) is 4.18. The fourth-order valence-electron chi connectivity index (χ4n) is 3.75. The Hall–Kier alpha value is -1.36. The number of hydrogen-bond donors (Lipinski definition) is 1. The van der Waals surface area contributed by atoms with Gasteiger partial charge in [-0.2, -0.15) is 5.10 Å². The minimum atomic E-state index is 0.640. The standard InChI is InChI=1S/C16H22N4S/c1-2-6-12(7-3-1)14-13(16-17-8-11-21-16)15(19-18-14)20-9-4-5-10-20/h8,11-12H,1-7,9-10H2,(H,18,19). The van der Waals surface area contributed by atoms with Crippen LogP contribution < -0.4 is 4.90 Å². The van der Waals surface area contributed by atoms with Crippen molar-refractivity contribution in [2.75, 3.05) is 18.0 Å². The van der Waals surface area contributed by atoms with Crippen LogP contribution >= 0.6 is 11.3 Å². The maximum absolute atomic E-state index is 4.70. The van der Waals surface area contributed by atoms with Crippen molar-refractivity contribution >= 4 is 17.2 Å². The third kappa shape index (κ3) is 2.48. The number of nitrogens with one attached hydrogen (secondary N) is 1. The van der Waals surface area contributed by atoms with E-state index in [0.717, 1.165) is 23.9 Å². The number of anilines is 1. The Morgan fingerprint density at radius 2 is 1.90 bits per heavy atom. The van der Waals surface area contributed by atoms with Gasteiger partial charge in [0.15, 0.2) is 5.82 Å². The SMILES string of the molecule is c1csc(-c2c(N3CCCC3)n[nH]c2C2CCCCC2)n1. The average Bonchev–Trinajstić information content (AvgIpc) is 3.27. The van der Waals surface area contributed by atoms with E-state index < -0.39 is 0 Å². The fourth-order valence-corrected chi connectivity index (χ4v) is 4.44. The topological polar surface area (TPSA) is 44.8 Å². The molecule has 0 atom stereocenters. The van der Waals surface area contributed by atoms with E-state index in [1.54, 1.807) is 11.3 Å². The molecule has 1 aliphatic carbocycles. The zero-order valence-corrected chi connectivity index (χ0v) is 13.2. The number of aromatic amines is 1. The average molecular weight is 302 g/mol. The zero-order chi connectivity index (χ0) is 14.1. The van der Waals surface area contributed by atoms with Crippen molar-refractivity contribution in [2.45, 2.75) is 50.9 Å². The Morgan fingerprint density at radius 1 is 1.10 bits per heavy atom. The molecule has 2 aliphatic rings. The van der Waals surface area contributed by atoms with Crippen LogP contribution in [0.1, 0.15) is 56.6 Å². The summed E-state index contributed by atoms with van der Waals surface area (Å²) in [5, 5.41) is 11.3. The molecular weight excluding hydrogens is 280 g/mol. The number of aromatic nitrogens is 3. The second-order valence-electron chi connectivity index (χ2n) is 6.20. The van der Waals surface area contributed by atoms with Crippen molar-refractivity contribution in [2.24, 2.45) is 0 Å². The second-order valence-corrected chi connectivity index (χ2v) is 7.10. The first-order chi connectivity index (χ1) is 10.4. The number of thiazole rings is 1. The van der Waals surface area contributed by atoms with Gasteiger partial charge in [-0.05, 0) is 25.7 Å². The van der Waals surface area contributed by atoms with E-state index in [1.807, 2.05) is 6.20 Å². The molecule has 1 saturated heterocycles. The van der Waals surface area contributed by atoms with Crippen LogP contribution in [-0.2, 0) is 0 Å². The summed E-state index contributed by atoms with van der Waals surface area (Å²) in [5.41, 5.74) is 2.63. The number of H-pyrrole nitrogens is 1. The van der Waals surface area contributed by atoms with Gasteiger partial charge in [-0.3, -0.25) is 5.10 Å². The summed E-state index contributed by atoms with van der Waals surface area (Å²) >= 11 is 1.73. The van der Waals surface area contributed by atoms with Gasteiger partial charge in [0.05, 0.1) is 11.3 Å². The Balaban J connectivity index is 1.75. The minimum Gasteiger partial charge on any atom is -0.355 e. The highest BCUT2D eigenvalue weighted by Gasteiger charge is 2.28. The molecule has 21 heavy (non-hydrogen) atoms. The summed E-state index contributed by atoms with van der Waals surface area (Å²) < 4.78 is 0. The van der Waals surface area contributed by atoms with Crippen LogP contribution in [-0.4, -0.2) is 28.3 Å². The molecule has 5 heteroatoms. The predicted molar refractivity (Wildman–Crippen MR) is 87.0 cm³/mol. The normalized spacial score (nSPS) is 20.3. The summed E-state index contributed by atoms with van der Waals surface area (Å²) in [7, 11) is 0. The van der Waals surface area contributed by atoms with Crippen molar-refractivity contribution < 1.29 is 0 Å². The maximum atomic E-state index is 4.70. The molecule has 1 saturated carbocycles. The lowest BCUT2D eigenvalue weighted by molar-refractivity contribution is 0.437. The molecule has 3 heterocycles. The van der Waals surface area contributed by atoms with Gasteiger partial charge in [-0.1, -0.05) is 19.3 Å². The molecule has 4 nitrogen and oxygen atoms in total. The molecule has 0 unspecified atom stereocenters. The van der Waals surface area contributed by atoms with E-state index in [0.29, 0.717) is 5.92 Å². The van der Waals surface area contributed by atoms with Crippen LogP contribution in [0.2, 0.25) is 0 Å². The Kier molecular flexibility index (Phi) is 3.67. The lowest BCUT2D eigenvalue weighted by Gasteiger charge is -2.22. The molecule has 2 aromatic heterocycles. The second kappa shape index (κ2) is 5.79. The number of nitrogens with zero attached hydrogens (tertiary/aromatic N) is 3. The molecule has 2 aromatic rings. The molecule has 0 spiro atoms. The van der Waals surface area contributed by atoms with Crippen LogP contribution in [0.3, 0.4) is 0 Å². The first kappa shape index (κ1) is 13.3. The van der Waals surface area contributed by atoms with E-state index in [9.17, 15) is 0 Å². The van der Waals surface area contributed by atoms with Crippen molar-refractivity contribution in [3.05, 3.63) is 17.3 Å². The van der Waals surface area contributed by atoms with Gasteiger partial charge < -0.3 is 4.90 Å². The molecule has 2 fully saturated rings. The summed E-state index contributed by atoms with van der Waals surface area (Å²) in [6, 6.07) is 0. The first-order valence-electron chi connectivity index (χ1n) is 8.16. The summed E-state index contributed by atoms with van der Waals surface area (Å²) in [5.74, 6) is 1.78. The van der Waals surface area contributed by atoms with Gasteiger partial charge in [0.25, 0.3) is 0 Å². The highest BCUT2D eigenvalue weighted by molar-refractivity contribution is 7.13. The van der Waals surface area contributed by atoms with Crippen LogP contribution in [0.5, 0.6) is 0 Å². The monoisotopic (exact) mass is 302 g/mol.